The number of hydrogen-bond acceptors (Lipinski definition) is 0. The normalized spacial score (nSPS) is 11.0. The van der Waals surface area contributed by atoms with Gasteiger partial charge in [-0.3, -0.25) is 0 Å². The summed E-state index contributed by atoms with van der Waals surface area (Å²) in [4.78, 5) is 0. The Morgan fingerprint density at radius 1 is 0.667 bits per heavy atom. The third-order valence-electron chi connectivity index (χ3n) is 3.97. The monoisotopic (exact) mass is 269 g/mol. The van der Waals surface area contributed by atoms with Crippen LogP contribution in [0.15, 0.2) is 79.4 Å². The van der Waals surface area contributed by atoms with Crippen LogP contribution in [-0.2, 0) is 0 Å². The highest BCUT2D eigenvalue weighted by Crippen LogP contribution is 2.31. The third-order valence-corrected chi connectivity index (χ3v) is 3.97. The summed E-state index contributed by atoms with van der Waals surface area (Å²) in [5.74, 6) is 0. The van der Waals surface area contributed by atoms with Crippen molar-refractivity contribution in [1.82, 2.24) is 4.57 Å². The largest absolute Gasteiger partial charge is 0.309 e. The van der Waals surface area contributed by atoms with Gasteiger partial charge in [-0.1, -0.05) is 61.2 Å². The maximum absolute atomic E-state index is 3.82. The van der Waals surface area contributed by atoms with Crippen molar-refractivity contribution in [2.75, 3.05) is 0 Å². The van der Waals surface area contributed by atoms with E-state index in [-0.39, 0.29) is 0 Å². The Morgan fingerprint density at radius 2 is 1.19 bits per heavy atom. The first-order valence-corrected chi connectivity index (χ1v) is 7.09. The predicted molar refractivity (Wildman–Crippen MR) is 90.9 cm³/mol. The lowest BCUT2D eigenvalue weighted by Crippen LogP contribution is -1.93. The summed E-state index contributed by atoms with van der Waals surface area (Å²) in [5.41, 5.74) is 4.80. The third kappa shape index (κ3) is 1.78. The Kier molecular flexibility index (Phi) is 2.65. The van der Waals surface area contributed by atoms with Crippen molar-refractivity contribution >= 4 is 27.9 Å². The molecule has 0 aliphatic heterocycles. The molecule has 21 heavy (non-hydrogen) atoms. The van der Waals surface area contributed by atoms with Gasteiger partial charge in [0.15, 0.2) is 0 Å². The van der Waals surface area contributed by atoms with Crippen molar-refractivity contribution < 1.29 is 0 Å². The van der Waals surface area contributed by atoms with E-state index in [0.29, 0.717) is 0 Å². The highest BCUT2D eigenvalue weighted by Gasteiger charge is 2.10. The number of fused-ring (bicyclic) bond motifs is 3. The molecule has 0 aliphatic carbocycles. The molecule has 0 fully saturated rings. The molecule has 0 saturated carbocycles. The molecule has 0 N–H and O–H groups in total. The summed E-state index contributed by atoms with van der Waals surface area (Å²) in [6, 6.07) is 25.6. The Hall–Kier alpha value is -2.80. The minimum Gasteiger partial charge on any atom is -0.309 e. The maximum Gasteiger partial charge on any atom is 0.0541 e. The zero-order chi connectivity index (χ0) is 14.2. The number of aromatic nitrogens is 1. The van der Waals surface area contributed by atoms with Crippen LogP contribution in [0.5, 0.6) is 0 Å². The molecule has 4 rings (SSSR count). The molecular weight excluding hydrogens is 254 g/mol. The molecule has 1 heteroatoms. The minimum absolute atomic E-state index is 1.14. The molecule has 0 amide bonds. The van der Waals surface area contributed by atoms with Gasteiger partial charge >= 0.3 is 0 Å². The van der Waals surface area contributed by atoms with E-state index in [4.69, 9.17) is 0 Å². The molecule has 100 valence electrons. The smallest absolute Gasteiger partial charge is 0.0541 e. The Bertz CT molecular complexity index is 889. The minimum atomic E-state index is 1.14. The summed E-state index contributed by atoms with van der Waals surface area (Å²) in [6.45, 7) is 3.82. The van der Waals surface area contributed by atoms with Crippen LogP contribution >= 0.6 is 0 Å². The van der Waals surface area contributed by atoms with Crippen molar-refractivity contribution in [3.63, 3.8) is 0 Å². The molecule has 1 heterocycles. The molecular formula is C20H15N. The second kappa shape index (κ2) is 4.64. The van der Waals surface area contributed by atoms with Gasteiger partial charge in [0.2, 0.25) is 0 Å². The van der Waals surface area contributed by atoms with E-state index < -0.39 is 0 Å². The van der Waals surface area contributed by atoms with Crippen molar-refractivity contribution in [3.05, 3.63) is 84.9 Å². The van der Waals surface area contributed by atoms with Gasteiger partial charge in [0.05, 0.1) is 11.0 Å². The van der Waals surface area contributed by atoms with Crippen LogP contribution in [0.25, 0.3) is 33.6 Å². The van der Waals surface area contributed by atoms with E-state index in [0.717, 1.165) is 5.56 Å². The van der Waals surface area contributed by atoms with Crippen molar-refractivity contribution in [1.29, 1.82) is 0 Å². The zero-order valence-electron chi connectivity index (χ0n) is 11.7. The number of hydrogen-bond donors (Lipinski definition) is 0. The predicted octanol–water partition coefficient (Wildman–Crippen LogP) is 5.43. The van der Waals surface area contributed by atoms with Crippen LogP contribution < -0.4 is 0 Å². The molecule has 0 spiro atoms. The molecule has 0 saturated heterocycles. The van der Waals surface area contributed by atoms with Gasteiger partial charge in [-0.05, 0) is 29.8 Å². The van der Waals surface area contributed by atoms with Crippen LogP contribution in [-0.4, -0.2) is 4.57 Å². The van der Waals surface area contributed by atoms with Crippen LogP contribution in [0.3, 0.4) is 0 Å². The van der Waals surface area contributed by atoms with Crippen LogP contribution in [0, 0.1) is 0 Å². The molecule has 0 bridgehead atoms. The Labute approximate surface area is 123 Å². The fourth-order valence-electron chi connectivity index (χ4n) is 2.96. The molecule has 1 nitrogen and oxygen atoms in total. The van der Waals surface area contributed by atoms with Crippen molar-refractivity contribution in [3.8, 4) is 5.69 Å². The number of para-hydroxylation sites is 2. The number of rotatable bonds is 2. The van der Waals surface area contributed by atoms with Crippen molar-refractivity contribution in [2.24, 2.45) is 0 Å². The van der Waals surface area contributed by atoms with Gasteiger partial charge in [0, 0.05) is 16.5 Å². The van der Waals surface area contributed by atoms with Gasteiger partial charge in [-0.25, -0.2) is 0 Å². The standard InChI is InChI=1S/C20H15N/c1-2-15-11-13-16(14-12-15)21-19-9-5-3-7-17(19)18-8-4-6-10-20(18)21/h2-14H,1H2. The average molecular weight is 269 g/mol. The van der Waals surface area contributed by atoms with Gasteiger partial charge in [0.25, 0.3) is 0 Å². The topological polar surface area (TPSA) is 4.93 Å². The molecule has 3 aromatic carbocycles. The highest BCUT2D eigenvalue weighted by atomic mass is 15.0. The Morgan fingerprint density at radius 3 is 1.71 bits per heavy atom. The number of benzene rings is 3. The molecule has 4 aromatic rings. The zero-order valence-corrected chi connectivity index (χ0v) is 11.7. The quantitative estimate of drug-likeness (QED) is 0.457. The van der Waals surface area contributed by atoms with E-state index in [1.54, 1.807) is 0 Å². The molecule has 0 atom stereocenters. The van der Waals surface area contributed by atoms with Crippen LogP contribution in [0.1, 0.15) is 5.56 Å². The first-order valence-electron chi connectivity index (χ1n) is 7.09. The van der Waals surface area contributed by atoms with E-state index in [1.807, 2.05) is 6.08 Å². The van der Waals surface area contributed by atoms with Crippen molar-refractivity contribution in [2.45, 2.75) is 0 Å². The lowest BCUT2D eigenvalue weighted by atomic mass is 10.2. The summed E-state index contributed by atoms with van der Waals surface area (Å²) in [5, 5.41) is 2.58. The van der Waals surface area contributed by atoms with Gasteiger partial charge in [-0.2, -0.15) is 0 Å². The fourth-order valence-corrected chi connectivity index (χ4v) is 2.96. The first-order chi connectivity index (χ1) is 10.4. The second-order valence-electron chi connectivity index (χ2n) is 5.17. The molecule has 0 unspecified atom stereocenters. The summed E-state index contributed by atoms with van der Waals surface area (Å²) < 4.78 is 2.32. The van der Waals surface area contributed by atoms with Crippen LogP contribution in [0.4, 0.5) is 0 Å². The maximum atomic E-state index is 3.82. The van der Waals surface area contributed by atoms with E-state index in [2.05, 4.69) is 83.9 Å². The van der Waals surface area contributed by atoms with Gasteiger partial charge < -0.3 is 4.57 Å². The molecule has 1 aromatic heterocycles. The lowest BCUT2D eigenvalue weighted by Gasteiger charge is -2.08. The molecule has 0 aliphatic rings. The lowest BCUT2D eigenvalue weighted by molar-refractivity contribution is 1.18. The van der Waals surface area contributed by atoms with Gasteiger partial charge in [0.1, 0.15) is 0 Å². The van der Waals surface area contributed by atoms with Crippen LogP contribution in [0.2, 0.25) is 0 Å². The average Bonchev–Trinajstić information content (AvgIpc) is 2.90. The van der Waals surface area contributed by atoms with E-state index >= 15 is 0 Å². The highest BCUT2D eigenvalue weighted by molar-refractivity contribution is 6.09. The summed E-state index contributed by atoms with van der Waals surface area (Å²) in [6.07, 6.45) is 1.87. The first kappa shape index (κ1) is 12.0. The second-order valence-corrected chi connectivity index (χ2v) is 5.17. The van der Waals surface area contributed by atoms with E-state index in [9.17, 15) is 0 Å². The molecule has 0 radical (unpaired) electrons. The summed E-state index contributed by atoms with van der Waals surface area (Å²) >= 11 is 0. The summed E-state index contributed by atoms with van der Waals surface area (Å²) in [7, 11) is 0. The fraction of sp³-hybridized carbons (Fsp3) is 0. The SMILES string of the molecule is C=Cc1ccc(-n2c3ccccc3c3ccccc32)cc1. The number of nitrogens with zero attached hydrogens (tertiary/aromatic N) is 1. The van der Waals surface area contributed by atoms with Gasteiger partial charge in [-0.15, -0.1) is 0 Å². The van der Waals surface area contributed by atoms with E-state index in [1.165, 1.54) is 27.5 Å². The Balaban J connectivity index is 2.11.